The molecule has 0 spiro atoms. The topological polar surface area (TPSA) is 87.0 Å². The minimum Gasteiger partial charge on any atom is -0.383 e. The van der Waals surface area contributed by atoms with Crippen LogP contribution in [0, 0.1) is 10.1 Å². The molecule has 0 fully saturated rings. The number of aromatic nitrogens is 2. The van der Waals surface area contributed by atoms with Crippen molar-refractivity contribution in [1.29, 1.82) is 0 Å². The molecule has 3 rings (SSSR count). The molecule has 1 aromatic heterocycles. The van der Waals surface area contributed by atoms with Crippen LogP contribution in [-0.2, 0) is 11.8 Å². The largest absolute Gasteiger partial charge is 0.383 e. The highest BCUT2D eigenvalue weighted by molar-refractivity contribution is 5.60. The number of para-hydroxylation sites is 2. The molecule has 1 aliphatic rings. The first-order chi connectivity index (χ1) is 9.92. The predicted molar refractivity (Wildman–Crippen MR) is 80.6 cm³/mol. The van der Waals surface area contributed by atoms with Crippen molar-refractivity contribution in [3.8, 4) is 5.69 Å². The monoisotopic (exact) mass is 286 g/mol. The molecule has 0 saturated carbocycles. The minimum absolute atomic E-state index is 0.0156. The number of hydrogen-bond donors (Lipinski definition) is 1. The Balaban J connectivity index is 2.23. The van der Waals surface area contributed by atoms with E-state index >= 15 is 0 Å². The summed E-state index contributed by atoms with van der Waals surface area (Å²) < 4.78 is 1.52. The Morgan fingerprint density at radius 1 is 1.38 bits per heavy atom. The van der Waals surface area contributed by atoms with Crippen LogP contribution in [-0.4, -0.2) is 14.7 Å². The normalized spacial score (nSPS) is 16.5. The van der Waals surface area contributed by atoms with Crippen molar-refractivity contribution in [2.75, 3.05) is 5.73 Å². The number of aryl methyl sites for hydroxylation is 1. The Bertz CT molecular complexity index is 718. The Morgan fingerprint density at radius 2 is 2.10 bits per heavy atom. The number of hydrogen-bond acceptors (Lipinski definition) is 4. The van der Waals surface area contributed by atoms with Gasteiger partial charge < -0.3 is 5.73 Å². The SMILES string of the molecule is CC1(C)CCCc2nn(-c3ccccc3[N+](=O)[O-])c(N)c21. The van der Waals surface area contributed by atoms with Crippen LogP contribution in [0.4, 0.5) is 11.5 Å². The van der Waals surface area contributed by atoms with Gasteiger partial charge in [0, 0.05) is 11.6 Å². The van der Waals surface area contributed by atoms with Gasteiger partial charge in [0.2, 0.25) is 0 Å². The van der Waals surface area contributed by atoms with E-state index < -0.39 is 4.92 Å². The van der Waals surface area contributed by atoms with Gasteiger partial charge in [-0.3, -0.25) is 10.1 Å². The van der Waals surface area contributed by atoms with Crippen LogP contribution in [0.25, 0.3) is 5.69 Å². The van der Waals surface area contributed by atoms with Crippen LogP contribution in [0.2, 0.25) is 0 Å². The highest BCUT2D eigenvalue weighted by Crippen LogP contribution is 2.41. The first-order valence-electron chi connectivity index (χ1n) is 7.03. The van der Waals surface area contributed by atoms with Gasteiger partial charge in [0.05, 0.1) is 10.6 Å². The zero-order chi connectivity index (χ0) is 15.2. The van der Waals surface area contributed by atoms with E-state index in [1.54, 1.807) is 18.2 Å². The number of nitrogen functional groups attached to an aromatic ring is 1. The summed E-state index contributed by atoms with van der Waals surface area (Å²) in [5.74, 6) is 0.518. The van der Waals surface area contributed by atoms with Crippen LogP contribution >= 0.6 is 0 Å². The third-order valence-electron chi connectivity index (χ3n) is 4.19. The van der Waals surface area contributed by atoms with Gasteiger partial charge in [0.25, 0.3) is 5.69 Å². The van der Waals surface area contributed by atoms with E-state index in [1.165, 1.54) is 10.7 Å². The fourth-order valence-electron chi connectivity index (χ4n) is 3.19. The zero-order valence-electron chi connectivity index (χ0n) is 12.2. The first kappa shape index (κ1) is 13.6. The van der Waals surface area contributed by atoms with E-state index in [-0.39, 0.29) is 11.1 Å². The van der Waals surface area contributed by atoms with E-state index in [0.29, 0.717) is 11.5 Å². The molecule has 2 N–H and O–H groups in total. The maximum Gasteiger partial charge on any atom is 0.294 e. The number of fused-ring (bicyclic) bond motifs is 1. The molecular weight excluding hydrogens is 268 g/mol. The standard InChI is InChI=1S/C15H18N4O2/c1-15(2)9-5-6-10-13(15)14(16)18(17-10)11-7-3-4-8-12(11)19(20)21/h3-4,7-8H,5-6,9,16H2,1-2H3. The van der Waals surface area contributed by atoms with Crippen molar-refractivity contribution in [2.45, 2.75) is 38.5 Å². The van der Waals surface area contributed by atoms with Gasteiger partial charge in [-0.25, -0.2) is 4.68 Å². The van der Waals surface area contributed by atoms with Gasteiger partial charge in [-0.1, -0.05) is 26.0 Å². The van der Waals surface area contributed by atoms with Gasteiger partial charge in [0.1, 0.15) is 11.5 Å². The summed E-state index contributed by atoms with van der Waals surface area (Å²) in [6, 6.07) is 6.55. The van der Waals surface area contributed by atoms with E-state index in [2.05, 4.69) is 18.9 Å². The smallest absolute Gasteiger partial charge is 0.294 e. The first-order valence-corrected chi connectivity index (χ1v) is 7.03. The molecule has 0 unspecified atom stereocenters. The lowest BCUT2D eigenvalue weighted by Gasteiger charge is -2.29. The van der Waals surface area contributed by atoms with Crippen molar-refractivity contribution in [2.24, 2.45) is 0 Å². The van der Waals surface area contributed by atoms with Crippen LogP contribution in [0.1, 0.15) is 37.9 Å². The second kappa shape index (κ2) is 4.58. The summed E-state index contributed by atoms with van der Waals surface area (Å²) in [5, 5.41) is 15.7. The number of anilines is 1. The average molecular weight is 286 g/mol. The summed E-state index contributed by atoms with van der Waals surface area (Å²) in [4.78, 5) is 10.8. The Kier molecular flexibility index (Phi) is 2.97. The highest BCUT2D eigenvalue weighted by atomic mass is 16.6. The average Bonchev–Trinajstić information content (AvgIpc) is 2.77. The number of nitro benzene ring substituents is 1. The van der Waals surface area contributed by atoms with Gasteiger partial charge in [0.15, 0.2) is 0 Å². The third-order valence-corrected chi connectivity index (χ3v) is 4.19. The fraction of sp³-hybridized carbons (Fsp3) is 0.400. The lowest BCUT2D eigenvalue weighted by molar-refractivity contribution is -0.384. The lowest BCUT2D eigenvalue weighted by atomic mass is 9.75. The van der Waals surface area contributed by atoms with Crippen molar-refractivity contribution >= 4 is 11.5 Å². The van der Waals surface area contributed by atoms with Crippen molar-refractivity contribution in [3.63, 3.8) is 0 Å². The number of nitrogens with zero attached hydrogens (tertiary/aromatic N) is 3. The number of nitrogens with two attached hydrogens (primary N) is 1. The Labute approximate surface area is 122 Å². The molecule has 1 aromatic carbocycles. The van der Waals surface area contributed by atoms with Crippen LogP contribution in [0.5, 0.6) is 0 Å². The molecule has 21 heavy (non-hydrogen) atoms. The van der Waals surface area contributed by atoms with Crippen LogP contribution in [0.15, 0.2) is 24.3 Å². The van der Waals surface area contributed by atoms with E-state index in [0.717, 1.165) is 30.5 Å². The molecule has 0 bridgehead atoms. The number of nitro groups is 1. The summed E-state index contributed by atoms with van der Waals surface area (Å²) in [7, 11) is 0. The summed E-state index contributed by atoms with van der Waals surface area (Å²) in [6.45, 7) is 4.29. The fourth-order valence-corrected chi connectivity index (χ4v) is 3.19. The minimum atomic E-state index is -0.402. The van der Waals surface area contributed by atoms with Gasteiger partial charge in [-0.15, -0.1) is 0 Å². The molecule has 2 aromatic rings. The lowest BCUT2D eigenvalue weighted by Crippen LogP contribution is -2.24. The molecule has 110 valence electrons. The zero-order valence-corrected chi connectivity index (χ0v) is 12.2. The molecule has 0 aliphatic heterocycles. The van der Waals surface area contributed by atoms with Gasteiger partial charge in [-0.2, -0.15) is 5.10 Å². The van der Waals surface area contributed by atoms with Gasteiger partial charge in [-0.05, 0) is 30.7 Å². The summed E-state index contributed by atoms with van der Waals surface area (Å²) >= 11 is 0. The molecule has 0 amide bonds. The molecule has 1 aliphatic carbocycles. The summed E-state index contributed by atoms with van der Waals surface area (Å²) in [6.07, 6.45) is 2.98. The molecule has 6 nitrogen and oxygen atoms in total. The summed E-state index contributed by atoms with van der Waals surface area (Å²) in [5.41, 5.74) is 8.67. The van der Waals surface area contributed by atoms with E-state index in [1.807, 2.05) is 0 Å². The third kappa shape index (κ3) is 2.07. The van der Waals surface area contributed by atoms with Crippen molar-refractivity contribution < 1.29 is 4.92 Å². The second-order valence-electron chi connectivity index (χ2n) is 6.10. The molecule has 0 atom stereocenters. The quantitative estimate of drug-likeness (QED) is 0.679. The molecule has 1 heterocycles. The predicted octanol–water partition coefficient (Wildman–Crippen LogP) is 2.98. The maximum absolute atomic E-state index is 11.2. The molecule has 0 saturated heterocycles. The van der Waals surface area contributed by atoms with Crippen LogP contribution < -0.4 is 5.73 Å². The van der Waals surface area contributed by atoms with Gasteiger partial charge >= 0.3 is 0 Å². The second-order valence-corrected chi connectivity index (χ2v) is 6.10. The number of rotatable bonds is 2. The maximum atomic E-state index is 11.2. The van der Waals surface area contributed by atoms with Crippen molar-refractivity contribution in [1.82, 2.24) is 9.78 Å². The Hall–Kier alpha value is -2.37. The molecule has 6 heteroatoms. The Morgan fingerprint density at radius 3 is 2.76 bits per heavy atom. The molecular formula is C15H18N4O2. The van der Waals surface area contributed by atoms with E-state index in [9.17, 15) is 10.1 Å². The van der Waals surface area contributed by atoms with E-state index in [4.69, 9.17) is 5.73 Å². The number of benzene rings is 1. The van der Waals surface area contributed by atoms with Crippen LogP contribution in [0.3, 0.4) is 0 Å². The molecule has 0 radical (unpaired) electrons. The highest BCUT2D eigenvalue weighted by Gasteiger charge is 2.34. The van der Waals surface area contributed by atoms with Crippen molar-refractivity contribution in [3.05, 3.63) is 45.6 Å².